The summed E-state index contributed by atoms with van der Waals surface area (Å²) in [5.74, 6) is 1.15. The van der Waals surface area contributed by atoms with Gasteiger partial charge in [-0.25, -0.2) is 0 Å². The van der Waals surface area contributed by atoms with Crippen molar-refractivity contribution in [2.45, 2.75) is 41.3 Å². The Labute approximate surface area is 292 Å². The van der Waals surface area contributed by atoms with Crippen molar-refractivity contribution in [1.29, 1.82) is 5.26 Å². The smallest absolute Gasteiger partial charge is 0.146 e. The van der Waals surface area contributed by atoms with Gasteiger partial charge in [0.2, 0.25) is 0 Å². The van der Waals surface area contributed by atoms with Gasteiger partial charge in [-0.2, -0.15) is 5.26 Å². The maximum absolute atomic E-state index is 9.80. The number of benzene rings is 3. The molecule has 8 heteroatoms. The van der Waals surface area contributed by atoms with Crippen molar-refractivity contribution in [3.8, 4) is 34.3 Å². The molecule has 45 heavy (non-hydrogen) atoms. The Morgan fingerprint density at radius 1 is 0.800 bits per heavy atom. The van der Waals surface area contributed by atoms with Gasteiger partial charge in [0, 0.05) is 54.3 Å². The van der Waals surface area contributed by atoms with Crippen LogP contribution in [0, 0.1) is 64.7 Å². The molecular formula is C37H30IrN6O-2. The van der Waals surface area contributed by atoms with Crippen molar-refractivity contribution in [2.24, 2.45) is 0 Å². The number of fused-ring (bicyclic) bond motifs is 3. The third kappa shape index (κ3) is 6.06. The van der Waals surface area contributed by atoms with Crippen LogP contribution in [0.3, 0.4) is 0 Å². The molecule has 7 rings (SSSR count). The molecule has 0 saturated heterocycles. The number of hydrogen-bond donors (Lipinski definition) is 0. The second-order valence-electron chi connectivity index (χ2n) is 9.82. The van der Waals surface area contributed by atoms with Gasteiger partial charge in [0.05, 0.1) is 11.1 Å². The summed E-state index contributed by atoms with van der Waals surface area (Å²) in [6.07, 6.45) is 2.37. The van der Waals surface area contributed by atoms with E-state index >= 15 is 0 Å². The van der Waals surface area contributed by atoms with Crippen molar-refractivity contribution in [1.82, 2.24) is 24.7 Å². The Morgan fingerprint density at radius 2 is 1.56 bits per heavy atom. The van der Waals surface area contributed by atoms with E-state index in [1.165, 1.54) is 30.5 Å². The van der Waals surface area contributed by atoms with Crippen molar-refractivity contribution in [3.63, 3.8) is 0 Å². The summed E-state index contributed by atoms with van der Waals surface area (Å²) in [7, 11) is 0. The fourth-order valence-electron chi connectivity index (χ4n) is 4.81. The van der Waals surface area contributed by atoms with Crippen molar-refractivity contribution in [2.75, 3.05) is 0 Å². The van der Waals surface area contributed by atoms with Gasteiger partial charge in [0.25, 0.3) is 0 Å². The molecule has 0 aliphatic heterocycles. The summed E-state index contributed by atoms with van der Waals surface area (Å²) in [6, 6.07) is 23.9. The molecule has 0 amide bonds. The monoisotopic (exact) mass is 779 g/mol. The standard InChI is InChI=1S/C24H18N5O.C13H12N.Ir/c1-13-10-21(26-12-14(13)2)20-7-5-6-18-19-9-8-17(11-25)22(24(19)30-23(18)20)29-15(3)27-28-16(29)4;1-10-3-6-12(7-4-10)13-8-5-11(2)9-14-13;/h5-6,8-10,12H,1-4H3;3-6,8-9H,1-2H3;/q2*-1;/i2*1D3,2D3;. The van der Waals surface area contributed by atoms with Crippen LogP contribution >= 0.6 is 0 Å². The Morgan fingerprint density at radius 3 is 2.22 bits per heavy atom. The molecule has 4 heterocycles. The third-order valence-corrected chi connectivity index (χ3v) is 6.92. The molecule has 225 valence electrons. The van der Waals surface area contributed by atoms with E-state index in [4.69, 9.17) is 20.9 Å². The van der Waals surface area contributed by atoms with Gasteiger partial charge in [0.1, 0.15) is 29.0 Å². The Bertz CT molecular complexity index is 2540. The summed E-state index contributed by atoms with van der Waals surface area (Å²) in [6.45, 7) is -6.10. The number of aryl methyl sites for hydroxylation is 6. The molecule has 0 bridgehead atoms. The average Bonchev–Trinajstić information content (AvgIpc) is 3.68. The van der Waals surface area contributed by atoms with Gasteiger partial charge in [0.15, 0.2) is 0 Å². The van der Waals surface area contributed by atoms with E-state index in [0.717, 1.165) is 11.6 Å². The fraction of sp³-hybridized carbons (Fsp3) is 0.162. The van der Waals surface area contributed by atoms with Gasteiger partial charge < -0.3 is 14.4 Å². The number of pyridine rings is 2. The van der Waals surface area contributed by atoms with Crippen LogP contribution in [0.25, 0.3) is 50.1 Å². The number of aromatic nitrogens is 5. The molecule has 1 radical (unpaired) electrons. The quantitative estimate of drug-likeness (QED) is 0.168. The van der Waals surface area contributed by atoms with Crippen LogP contribution in [0.15, 0.2) is 77.5 Å². The Kier molecular flexibility index (Phi) is 5.59. The van der Waals surface area contributed by atoms with Crippen LogP contribution in [0.2, 0.25) is 0 Å². The first-order valence-electron chi connectivity index (χ1n) is 19.3. The number of nitriles is 1. The molecule has 4 aromatic heterocycles. The maximum atomic E-state index is 9.80. The molecule has 0 atom stereocenters. The molecule has 7 nitrogen and oxygen atoms in total. The molecule has 0 aliphatic rings. The molecule has 0 fully saturated rings. The zero-order valence-corrected chi connectivity index (χ0v) is 26.2. The topological polar surface area (TPSA) is 93.4 Å². The predicted molar refractivity (Wildman–Crippen MR) is 172 cm³/mol. The van der Waals surface area contributed by atoms with E-state index in [0.29, 0.717) is 56.3 Å². The number of hydrogen-bond acceptors (Lipinski definition) is 6. The molecular weight excluding hydrogens is 737 g/mol. The Balaban J connectivity index is 0.000000251. The largest absolute Gasteiger partial charge is 0.498 e. The van der Waals surface area contributed by atoms with Crippen LogP contribution < -0.4 is 0 Å². The second-order valence-corrected chi connectivity index (χ2v) is 9.82. The van der Waals surface area contributed by atoms with E-state index in [1.54, 1.807) is 54.8 Å². The molecule has 0 saturated carbocycles. The number of rotatable bonds is 3. The second kappa shape index (κ2) is 13.0. The third-order valence-electron chi connectivity index (χ3n) is 6.92. The van der Waals surface area contributed by atoms with E-state index in [1.807, 2.05) is 0 Å². The zero-order chi connectivity index (χ0) is 41.0. The first kappa shape index (κ1) is 19.4. The maximum Gasteiger partial charge on any atom is 0.146 e. The Hall–Kier alpha value is -4.96. The first-order chi connectivity index (χ1) is 26.1. The van der Waals surface area contributed by atoms with E-state index in [-0.39, 0.29) is 48.1 Å². The summed E-state index contributed by atoms with van der Waals surface area (Å²) < 4.78 is 98.5. The summed E-state index contributed by atoms with van der Waals surface area (Å²) in [4.78, 5) is 8.34. The van der Waals surface area contributed by atoms with Crippen LogP contribution in [-0.2, 0) is 20.1 Å². The molecule has 0 N–H and O–H groups in total. The van der Waals surface area contributed by atoms with Gasteiger partial charge in [-0.1, -0.05) is 47.6 Å². The van der Waals surface area contributed by atoms with Crippen molar-refractivity contribution >= 4 is 21.9 Å². The van der Waals surface area contributed by atoms with E-state index < -0.39 is 27.4 Å². The number of furan rings is 1. The first-order valence-corrected chi connectivity index (χ1v) is 13.3. The average molecular weight is 779 g/mol. The fourth-order valence-corrected chi connectivity index (χ4v) is 4.81. The molecule has 3 aromatic carbocycles. The van der Waals surface area contributed by atoms with E-state index in [9.17, 15) is 5.26 Å². The molecule has 7 aromatic rings. The molecule has 0 unspecified atom stereocenters. The van der Waals surface area contributed by atoms with Gasteiger partial charge >= 0.3 is 0 Å². The summed E-state index contributed by atoms with van der Waals surface area (Å²) in [5, 5.41) is 19.4. The van der Waals surface area contributed by atoms with Crippen LogP contribution in [-0.4, -0.2) is 24.7 Å². The zero-order valence-electron chi connectivity index (χ0n) is 35.9. The van der Waals surface area contributed by atoms with Crippen LogP contribution in [0.4, 0.5) is 0 Å². The summed E-state index contributed by atoms with van der Waals surface area (Å²) >= 11 is 0. The summed E-state index contributed by atoms with van der Waals surface area (Å²) in [5.41, 5.74) is 3.13. The van der Waals surface area contributed by atoms with Crippen molar-refractivity contribution < 1.29 is 41.0 Å². The minimum atomic E-state index is -2.67. The van der Waals surface area contributed by atoms with Crippen molar-refractivity contribution in [3.05, 3.63) is 125 Å². The SMILES string of the molecule is [2H]C([2H])([2H])c1c[c-]c(-c2ccc(C([2H])([2H])[2H])cn2)cc1.[2H]C([2H])([2H])c1cnc(-c2[c-]ccc3c2oc2c(-n4c(C)nnc4C)c(C#N)ccc23)cc1C([2H])([2H])[2H].[Ir]. The van der Waals surface area contributed by atoms with Gasteiger partial charge in [-0.05, 0) is 63.0 Å². The molecule has 0 aliphatic carbocycles. The minimum Gasteiger partial charge on any atom is -0.498 e. The minimum absolute atomic E-state index is 0. The van der Waals surface area contributed by atoms with Gasteiger partial charge in [-0.3, -0.25) is 4.57 Å². The van der Waals surface area contributed by atoms with E-state index in [2.05, 4.69) is 38.4 Å². The van der Waals surface area contributed by atoms with Crippen LogP contribution in [0.5, 0.6) is 0 Å². The predicted octanol–water partition coefficient (Wildman–Crippen LogP) is 8.30. The van der Waals surface area contributed by atoms with Crippen LogP contribution in [0.1, 0.15) is 55.9 Å². The normalized spacial score (nSPS) is 15.8. The number of nitrogens with zero attached hydrogens (tertiary/aromatic N) is 6. The molecule has 0 spiro atoms. The van der Waals surface area contributed by atoms with Gasteiger partial charge in [-0.15, -0.1) is 63.8 Å².